The van der Waals surface area contributed by atoms with Gasteiger partial charge in [-0.3, -0.25) is 4.79 Å². The molecule has 0 aromatic heterocycles. The minimum absolute atomic E-state index is 0.0772. The maximum absolute atomic E-state index is 12.3. The quantitative estimate of drug-likeness (QED) is 0.560. The van der Waals surface area contributed by atoms with Crippen LogP contribution in [0.5, 0.6) is 0 Å². The minimum atomic E-state index is -0.481. The average Bonchev–Trinajstić information content (AvgIpc) is 2.79. The number of carbonyl (C=O) groups excluding carboxylic acids is 3. The van der Waals surface area contributed by atoms with Crippen LogP contribution in [-0.2, 0) is 16.1 Å². The van der Waals surface area contributed by atoms with Crippen molar-refractivity contribution in [1.82, 2.24) is 0 Å². The molecule has 0 unspecified atom stereocenters. The lowest BCUT2D eigenvalue weighted by Crippen LogP contribution is -2.12. The summed E-state index contributed by atoms with van der Waals surface area (Å²) >= 11 is 0. The molecule has 0 spiro atoms. The number of rotatable bonds is 7. The second kappa shape index (κ2) is 10.2. The summed E-state index contributed by atoms with van der Waals surface area (Å²) < 4.78 is 10.3. The Bertz CT molecular complexity index is 1050. The third-order valence-electron chi connectivity index (χ3n) is 4.53. The van der Waals surface area contributed by atoms with Gasteiger partial charge >= 0.3 is 11.9 Å². The predicted octanol–water partition coefficient (Wildman–Crippen LogP) is 4.78. The number of amides is 1. The van der Waals surface area contributed by atoms with Crippen LogP contribution < -0.4 is 5.32 Å². The lowest BCUT2D eigenvalue weighted by Gasteiger charge is -2.08. The van der Waals surface area contributed by atoms with Gasteiger partial charge in [0.15, 0.2) is 0 Å². The van der Waals surface area contributed by atoms with Crippen LogP contribution in [0.2, 0.25) is 0 Å². The Morgan fingerprint density at radius 1 is 0.710 bits per heavy atom. The monoisotopic (exact) mass is 417 g/mol. The molecule has 0 saturated heterocycles. The number of benzene rings is 3. The van der Waals surface area contributed by atoms with Gasteiger partial charge in [0.25, 0.3) is 5.91 Å². The lowest BCUT2D eigenvalue weighted by molar-refractivity contribution is 0.0469. The molecule has 0 aliphatic carbocycles. The molecule has 0 atom stereocenters. The van der Waals surface area contributed by atoms with E-state index in [0.717, 1.165) is 11.1 Å². The molecule has 3 rings (SSSR count). The van der Waals surface area contributed by atoms with E-state index in [0.29, 0.717) is 29.0 Å². The van der Waals surface area contributed by atoms with Gasteiger partial charge in [-0.25, -0.2) is 9.59 Å². The number of ether oxygens (including phenoxy) is 2. The molecule has 0 saturated carbocycles. The zero-order valence-corrected chi connectivity index (χ0v) is 17.4. The fourth-order valence-corrected chi connectivity index (χ4v) is 2.78. The Kier molecular flexibility index (Phi) is 7.17. The normalized spacial score (nSPS) is 10.3. The molecule has 3 aromatic rings. The zero-order valence-electron chi connectivity index (χ0n) is 17.4. The summed E-state index contributed by atoms with van der Waals surface area (Å²) in [6, 6.07) is 20.4. The average molecular weight is 417 g/mol. The van der Waals surface area contributed by atoms with E-state index >= 15 is 0 Å². The van der Waals surface area contributed by atoms with E-state index in [1.807, 2.05) is 19.1 Å². The number of carbonyl (C=O) groups is 3. The largest absolute Gasteiger partial charge is 0.462 e. The number of hydrogen-bond acceptors (Lipinski definition) is 5. The van der Waals surface area contributed by atoms with Crippen molar-refractivity contribution in [2.75, 3.05) is 11.9 Å². The Hall–Kier alpha value is -3.93. The van der Waals surface area contributed by atoms with E-state index in [9.17, 15) is 14.4 Å². The molecule has 0 bridgehead atoms. The van der Waals surface area contributed by atoms with Gasteiger partial charge in [-0.1, -0.05) is 29.8 Å². The van der Waals surface area contributed by atoms with Crippen LogP contribution in [0, 0.1) is 6.92 Å². The summed E-state index contributed by atoms with van der Waals surface area (Å²) in [4.78, 5) is 36.2. The molecule has 0 heterocycles. The van der Waals surface area contributed by atoms with Crippen molar-refractivity contribution in [2.45, 2.75) is 20.5 Å². The second-order valence-electron chi connectivity index (χ2n) is 6.89. The van der Waals surface area contributed by atoms with Crippen LogP contribution in [0.15, 0.2) is 72.8 Å². The fourth-order valence-electron chi connectivity index (χ4n) is 2.78. The molecule has 6 nitrogen and oxygen atoms in total. The molecule has 31 heavy (non-hydrogen) atoms. The van der Waals surface area contributed by atoms with Crippen molar-refractivity contribution in [1.29, 1.82) is 0 Å². The highest BCUT2D eigenvalue weighted by atomic mass is 16.5. The lowest BCUT2D eigenvalue weighted by atomic mass is 10.1. The van der Waals surface area contributed by atoms with Gasteiger partial charge in [0.05, 0.1) is 17.7 Å². The molecule has 0 aliphatic rings. The van der Waals surface area contributed by atoms with Crippen LogP contribution in [0.4, 0.5) is 5.69 Å². The maximum atomic E-state index is 12.3. The van der Waals surface area contributed by atoms with Gasteiger partial charge in [-0.2, -0.15) is 0 Å². The number of hydrogen-bond donors (Lipinski definition) is 1. The SMILES string of the molecule is CCOC(=O)c1ccc(COC(=O)c2ccc(NC(=O)c3ccc(C)cc3)cc2)cc1. The standard InChI is InChI=1S/C25H23NO5/c1-3-30-24(28)20-10-6-18(7-11-20)16-31-25(29)21-12-14-22(15-13-21)26-23(27)19-8-4-17(2)5-9-19/h4-15H,3,16H2,1-2H3,(H,26,27). The van der Waals surface area contributed by atoms with Gasteiger partial charge in [0, 0.05) is 11.3 Å². The topological polar surface area (TPSA) is 81.7 Å². The highest BCUT2D eigenvalue weighted by Gasteiger charge is 2.10. The molecule has 158 valence electrons. The summed E-state index contributed by atoms with van der Waals surface area (Å²) in [5.74, 6) is -1.09. The van der Waals surface area contributed by atoms with Crippen LogP contribution in [-0.4, -0.2) is 24.5 Å². The highest BCUT2D eigenvalue weighted by molar-refractivity contribution is 6.04. The fraction of sp³-hybridized carbons (Fsp3) is 0.160. The molecule has 3 aromatic carbocycles. The molecule has 0 fully saturated rings. The van der Waals surface area contributed by atoms with Crippen molar-refractivity contribution in [2.24, 2.45) is 0 Å². The number of nitrogens with one attached hydrogen (secondary N) is 1. The number of esters is 2. The molecular weight excluding hydrogens is 394 g/mol. The van der Waals surface area contributed by atoms with Gasteiger partial charge in [-0.15, -0.1) is 0 Å². The van der Waals surface area contributed by atoms with Crippen molar-refractivity contribution < 1.29 is 23.9 Å². The molecule has 6 heteroatoms. The van der Waals surface area contributed by atoms with Crippen molar-refractivity contribution in [3.8, 4) is 0 Å². The van der Waals surface area contributed by atoms with Gasteiger partial charge in [0.1, 0.15) is 6.61 Å². The van der Waals surface area contributed by atoms with Gasteiger partial charge in [0.2, 0.25) is 0 Å². The summed E-state index contributed by atoms with van der Waals surface area (Å²) in [7, 11) is 0. The van der Waals surface area contributed by atoms with Crippen molar-refractivity contribution in [3.63, 3.8) is 0 Å². The van der Waals surface area contributed by atoms with Crippen molar-refractivity contribution in [3.05, 3.63) is 101 Å². The van der Waals surface area contributed by atoms with E-state index in [2.05, 4.69) is 5.32 Å². The molecule has 1 N–H and O–H groups in total. The van der Waals surface area contributed by atoms with Crippen LogP contribution in [0.25, 0.3) is 0 Å². The van der Waals surface area contributed by atoms with E-state index < -0.39 is 5.97 Å². The zero-order chi connectivity index (χ0) is 22.2. The number of aryl methyl sites for hydroxylation is 1. The Morgan fingerprint density at radius 2 is 1.23 bits per heavy atom. The van der Waals surface area contributed by atoms with E-state index in [1.54, 1.807) is 67.6 Å². The summed E-state index contributed by atoms with van der Waals surface area (Å²) in [5.41, 5.74) is 3.79. The molecule has 1 amide bonds. The third kappa shape index (κ3) is 6.02. The first-order valence-electron chi connectivity index (χ1n) is 9.87. The van der Waals surface area contributed by atoms with E-state index in [-0.39, 0.29) is 18.5 Å². The Balaban J connectivity index is 1.53. The third-order valence-corrected chi connectivity index (χ3v) is 4.53. The Morgan fingerprint density at radius 3 is 1.81 bits per heavy atom. The van der Waals surface area contributed by atoms with Crippen LogP contribution in [0.1, 0.15) is 49.1 Å². The first-order valence-corrected chi connectivity index (χ1v) is 9.87. The summed E-state index contributed by atoms with van der Waals surface area (Å²) in [6.07, 6.45) is 0. The maximum Gasteiger partial charge on any atom is 0.338 e. The van der Waals surface area contributed by atoms with E-state index in [1.165, 1.54) is 0 Å². The molecule has 0 radical (unpaired) electrons. The molecular formula is C25H23NO5. The van der Waals surface area contributed by atoms with Gasteiger partial charge in [-0.05, 0) is 67.9 Å². The second-order valence-corrected chi connectivity index (χ2v) is 6.89. The highest BCUT2D eigenvalue weighted by Crippen LogP contribution is 2.14. The van der Waals surface area contributed by atoms with Crippen LogP contribution >= 0.6 is 0 Å². The summed E-state index contributed by atoms with van der Waals surface area (Å²) in [5, 5.41) is 2.80. The smallest absolute Gasteiger partial charge is 0.338 e. The van der Waals surface area contributed by atoms with Gasteiger partial charge < -0.3 is 14.8 Å². The van der Waals surface area contributed by atoms with E-state index in [4.69, 9.17) is 9.47 Å². The minimum Gasteiger partial charge on any atom is -0.462 e. The first kappa shape index (κ1) is 21.8. The summed E-state index contributed by atoms with van der Waals surface area (Å²) in [6.45, 7) is 4.09. The van der Waals surface area contributed by atoms with Crippen molar-refractivity contribution >= 4 is 23.5 Å². The van der Waals surface area contributed by atoms with Crippen LogP contribution in [0.3, 0.4) is 0 Å². The number of anilines is 1. The predicted molar refractivity (Wildman–Crippen MR) is 117 cm³/mol. The Labute approximate surface area is 180 Å². The molecule has 0 aliphatic heterocycles. The first-order chi connectivity index (χ1) is 15.0.